The molecule has 0 radical (unpaired) electrons. The molecule has 0 aliphatic carbocycles. The molecule has 3 heteroatoms. The van der Waals surface area contributed by atoms with E-state index < -0.39 is 0 Å². The van der Waals surface area contributed by atoms with Crippen LogP contribution >= 0.6 is 11.3 Å². The Morgan fingerprint density at radius 3 is 2.28 bits per heavy atom. The number of aromatic nitrogens is 1. The van der Waals surface area contributed by atoms with E-state index in [1.807, 2.05) is 6.07 Å². The molecule has 3 aromatic carbocycles. The highest BCUT2D eigenvalue weighted by Gasteiger charge is 2.14. The normalized spacial score (nSPS) is 12.4. The second-order valence-electron chi connectivity index (χ2n) is 6.21. The molecule has 0 unspecified atom stereocenters. The molecule has 0 fully saturated rings. The number of nitrogens with zero attached hydrogens (tertiary/aromatic N) is 1. The third kappa shape index (κ3) is 3.63. The minimum atomic E-state index is 0.161. The molecule has 0 spiro atoms. The van der Waals surface area contributed by atoms with Crippen molar-refractivity contribution in [3.8, 4) is 0 Å². The standard InChI is InChI=1S/C22H20N2S/c1-16-11-13-18(14-12-16)22(17-7-3-2-4-8-17)23-15-21-24-19-9-5-6-10-20(19)25-21/h2-14,22-23H,15H2,1H3/t22-/m1/s1. The van der Waals surface area contributed by atoms with Crippen LogP contribution in [0.4, 0.5) is 0 Å². The SMILES string of the molecule is Cc1ccc([C@H](NCc2nc3ccccc3s2)c2ccccc2)cc1. The molecular formula is C22H20N2S. The highest BCUT2D eigenvalue weighted by atomic mass is 32.1. The quantitative estimate of drug-likeness (QED) is 0.518. The number of fused-ring (bicyclic) bond motifs is 1. The zero-order valence-electron chi connectivity index (χ0n) is 14.1. The van der Waals surface area contributed by atoms with E-state index in [9.17, 15) is 0 Å². The van der Waals surface area contributed by atoms with Crippen molar-refractivity contribution in [2.45, 2.75) is 19.5 Å². The first-order valence-corrected chi connectivity index (χ1v) is 9.30. The highest BCUT2D eigenvalue weighted by Crippen LogP contribution is 2.25. The van der Waals surface area contributed by atoms with Gasteiger partial charge in [0.05, 0.1) is 16.3 Å². The number of nitrogens with one attached hydrogen (secondary N) is 1. The van der Waals surface area contributed by atoms with E-state index in [0.717, 1.165) is 17.1 Å². The Morgan fingerprint density at radius 1 is 0.840 bits per heavy atom. The van der Waals surface area contributed by atoms with Gasteiger partial charge in [-0.15, -0.1) is 11.3 Å². The predicted molar refractivity (Wildman–Crippen MR) is 106 cm³/mol. The van der Waals surface area contributed by atoms with Crippen LogP contribution < -0.4 is 5.32 Å². The van der Waals surface area contributed by atoms with E-state index in [-0.39, 0.29) is 6.04 Å². The van der Waals surface area contributed by atoms with Crippen LogP contribution in [0.1, 0.15) is 27.7 Å². The Labute approximate surface area is 152 Å². The average molecular weight is 344 g/mol. The van der Waals surface area contributed by atoms with Crippen LogP contribution in [-0.4, -0.2) is 4.98 Å². The summed E-state index contributed by atoms with van der Waals surface area (Å²) in [6.07, 6.45) is 0. The van der Waals surface area contributed by atoms with Gasteiger partial charge in [0, 0.05) is 6.54 Å². The van der Waals surface area contributed by atoms with E-state index >= 15 is 0 Å². The smallest absolute Gasteiger partial charge is 0.108 e. The molecule has 2 nitrogen and oxygen atoms in total. The maximum Gasteiger partial charge on any atom is 0.108 e. The molecule has 1 N–H and O–H groups in total. The van der Waals surface area contributed by atoms with E-state index in [1.54, 1.807) is 11.3 Å². The molecule has 0 saturated heterocycles. The van der Waals surface area contributed by atoms with Crippen LogP contribution in [-0.2, 0) is 6.54 Å². The van der Waals surface area contributed by atoms with Gasteiger partial charge in [0.25, 0.3) is 0 Å². The lowest BCUT2D eigenvalue weighted by Crippen LogP contribution is -2.22. The third-order valence-corrected chi connectivity index (χ3v) is 5.38. The number of para-hydroxylation sites is 1. The molecule has 25 heavy (non-hydrogen) atoms. The van der Waals surface area contributed by atoms with Crippen molar-refractivity contribution in [2.24, 2.45) is 0 Å². The topological polar surface area (TPSA) is 24.9 Å². The Balaban J connectivity index is 1.60. The van der Waals surface area contributed by atoms with Crippen LogP contribution in [0.25, 0.3) is 10.2 Å². The van der Waals surface area contributed by atoms with Gasteiger partial charge in [-0.2, -0.15) is 0 Å². The van der Waals surface area contributed by atoms with E-state index in [4.69, 9.17) is 4.98 Å². The largest absolute Gasteiger partial charge is 0.300 e. The van der Waals surface area contributed by atoms with E-state index in [2.05, 4.69) is 85.0 Å². The van der Waals surface area contributed by atoms with Crippen molar-refractivity contribution in [1.29, 1.82) is 0 Å². The van der Waals surface area contributed by atoms with Crippen LogP contribution in [0.5, 0.6) is 0 Å². The Bertz CT molecular complexity index is 925. The van der Waals surface area contributed by atoms with Gasteiger partial charge in [-0.05, 0) is 30.2 Å². The van der Waals surface area contributed by atoms with Gasteiger partial charge < -0.3 is 0 Å². The number of aryl methyl sites for hydroxylation is 1. The molecule has 4 aromatic rings. The summed E-state index contributed by atoms with van der Waals surface area (Å²) in [5.41, 5.74) is 4.91. The molecule has 0 aliphatic rings. The Kier molecular flexibility index (Phi) is 4.59. The highest BCUT2D eigenvalue weighted by molar-refractivity contribution is 7.18. The van der Waals surface area contributed by atoms with Crippen LogP contribution in [0.3, 0.4) is 0 Å². The monoisotopic (exact) mass is 344 g/mol. The molecular weight excluding hydrogens is 324 g/mol. The molecule has 0 saturated carbocycles. The van der Waals surface area contributed by atoms with Crippen molar-refractivity contribution in [3.63, 3.8) is 0 Å². The molecule has 0 aliphatic heterocycles. The number of rotatable bonds is 5. The van der Waals surface area contributed by atoms with Gasteiger partial charge in [0.2, 0.25) is 0 Å². The van der Waals surface area contributed by atoms with Gasteiger partial charge in [0.15, 0.2) is 0 Å². The first-order valence-electron chi connectivity index (χ1n) is 8.49. The number of benzene rings is 3. The number of hydrogen-bond donors (Lipinski definition) is 1. The lowest BCUT2D eigenvalue weighted by Gasteiger charge is -2.19. The fraction of sp³-hybridized carbons (Fsp3) is 0.136. The van der Waals surface area contributed by atoms with Crippen LogP contribution in [0, 0.1) is 6.92 Å². The fourth-order valence-corrected chi connectivity index (χ4v) is 3.94. The zero-order valence-corrected chi connectivity index (χ0v) is 15.0. The fourth-order valence-electron chi connectivity index (χ4n) is 3.02. The predicted octanol–water partition coefficient (Wildman–Crippen LogP) is 5.48. The average Bonchev–Trinajstić information content (AvgIpc) is 3.07. The lowest BCUT2D eigenvalue weighted by atomic mass is 9.98. The van der Waals surface area contributed by atoms with E-state index in [0.29, 0.717) is 0 Å². The summed E-state index contributed by atoms with van der Waals surface area (Å²) in [5, 5.41) is 4.82. The summed E-state index contributed by atoms with van der Waals surface area (Å²) >= 11 is 1.76. The first kappa shape index (κ1) is 16.0. The summed E-state index contributed by atoms with van der Waals surface area (Å²) in [6, 6.07) is 27.8. The Morgan fingerprint density at radius 2 is 1.52 bits per heavy atom. The van der Waals surface area contributed by atoms with Gasteiger partial charge in [-0.3, -0.25) is 5.32 Å². The van der Waals surface area contributed by atoms with Crippen LogP contribution in [0.15, 0.2) is 78.9 Å². The molecule has 124 valence electrons. The molecule has 0 amide bonds. The lowest BCUT2D eigenvalue weighted by molar-refractivity contribution is 0.604. The van der Waals surface area contributed by atoms with Crippen molar-refractivity contribution < 1.29 is 0 Å². The third-order valence-electron chi connectivity index (χ3n) is 4.34. The van der Waals surface area contributed by atoms with Crippen molar-refractivity contribution in [2.75, 3.05) is 0 Å². The van der Waals surface area contributed by atoms with Crippen LogP contribution in [0.2, 0.25) is 0 Å². The summed E-state index contributed by atoms with van der Waals surface area (Å²) in [7, 11) is 0. The van der Waals surface area contributed by atoms with Gasteiger partial charge in [0.1, 0.15) is 5.01 Å². The van der Waals surface area contributed by atoms with Crippen molar-refractivity contribution >= 4 is 21.6 Å². The summed E-state index contributed by atoms with van der Waals surface area (Å²) in [6.45, 7) is 2.88. The van der Waals surface area contributed by atoms with Gasteiger partial charge >= 0.3 is 0 Å². The summed E-state index contributed by atoms with van der Waals surface area (Å²) in [4.78, 5) is 4.74. The van der Waals surface area contributed by atoms with Crippen molar-refractivity contribution in [3.05, 3.63) is 101 Å². The zero-order chi connectivity index (χ0) is 17.1. The minimum absolute atomic E-state index is 0.161. The molecule has 1 heterocycles. The molecule has 0 bridgehead atoms. The molecule has 1 aromatic heterocycles. The first-order chi connectivity index (χ1) is 12.3. The summed E-state index contributed by atoms with van der Waals surface area (Å²) < 4.78 is 1.24. The summed E-state index contributed by atoms with van der Waals surface area (Å²) in [5.74, 6) is 0. The maximum atomic E-state index is 4.74. The minimum Gasteiger partial charge on any atom is -0.300 e. The molecule has 1 atom stereocenters. The van der Waals surface area contributed by atoms with E-state index in [1.165, 1.54) is 21.4 Å². The Hall–Kier alpha value is -2.49. The number of hydrogen-bond acceptors (Lipinski definition) is 3. The second-order valence-corrected chi connectivity index (χ2v) is 7.33. The maximum absolute atomic E-state index is 4.74. The second kappa shape index (κ2) is 7.18. The van der Waals surface area contributed by atoms with Gasteiger partial charge in [-0.25, -0.2) is 4.98 Å². The number of thiazole rings is 1. The van der Waals surface area contributed by atoms with Crippen molar-refractivity contribution in [1.82, 2.24) is 10.3 Å². The van der Waals surface area contributed by atoms with Gasteiger partial charge in [-0.1, -0.05) is 72.3 Å². The molecule has 4 rings (SSSR count).